The summed E-state index contributed by atoms with van der Waals surface area (Å²) in [6, 6.07) is 3.48. The minimum Gasteiger partial charge on any atom is -0.380 e. The maximum absolute atomic E-state index is 13.7. The van der Waals surface area contributed by atoms with Gasteiger partial charge in [-0.1, -0.05) is 12.6 Å². The molecule has 1 fully saturated rings. The van der Waals surface area contributed by atoms with Crippen LogP contribution in [0.3, 0.4) is 0 Å². The predicted molar refractivity (Wildman–Crippen MR) is 91.0 cm³/mol. The lowest BCUT2D eigenvalue weighted by Gasteiger charge is -2.25. The number of anilines is 1. The SMILES string of the molecule is C=C(N[C@H]1CCCNC1)c1n[nH]cc1NC(=O)c1c(F)cccc1F. The summed E-state index contributed by atoms with van der Waals surface area (Å²) in [5, 5.41) is 15.7. The first-order chi connectivity index (χ1) is 12.1. The number of hydrogen-bond donors (Lipinski definition) is 4. The van der Waals surface area contributed by atoms with Crippen LogP contribution in [0.5, 0.6) is 0 Å². The van der Waals surface area contributed by atoms with E-state index in [1.807, 2.05) is 0 Å². The van der Waals surface area contributed by atoms with Crippen molar-refractivity contribution in [2.75, 3.05) is 18.4 Å². The van der Waals surface area contributed by atoms with Crippen molar-refractivity contribution >= 4 is 17.3 Å². The lowest BCUT2D eigenvalue weighted by molar-refractivity contribution is 0.101. The number of aromatic nitrogens is 2. The van der Waals surface area contributed by atoms with Gasteiger partial charge in [0.2, 0.25) is 0 Å². The van der Waals surface area contributed by atoms with Crippen molar-refractivity contribution in [1.82, 2.24) is 20.8 Å². The van der Waals surface area contributed by atoms with Crippen molar-refractivity contribution < 1.29 is 13.6 Å². The van der Waals surface area contributed by atoms with Crippen molar-refractivity contribution in [3.8, 4) is 0 Å². The molecule has 3 rings (SSSR count). The van der Waals surface area contributed by atoms with Crippen LogP contribution < -0.4 is 16.0 Å². The number of piperidine rings is 1. The van der Waals surface area contributed by atoms with E-state index in [1.54, 1.807) is 0 Å². The Morgan fingerprint density at radius 3 is 2.76 bits per heavy atom. The summed E-state index contributed by atoms with van der Waals surface area (Å²) in [4.78, 5) is 12.2. The maximum Gasteiger partial charge on any atom is 0.261 e. The number of carbonyl (C=O) groups excluding carboxylic acids is 1. The Bertz CT molecular complexity index is 763. The quantitative estimate of drug-likeness (QED) is 0.669. The number of H-pyrrole nitrogens is 1. The monoisotopic (exact) mass is 347 g/mol. The number of nitrogens with one attached hydrogen (secondary N) is 4. The van der Waals surface area contributed by atoms with Crippen LogP contribution in [0.4, 0.5) is 14.5 Å². The third-order valence-electron chi connectivity index (χ3n) is 4.04. The number of nitrogens with zero attached hydrogens (tertiary/aromatic N) is 1. The van der Waals surface area contributed by atoms with Crippen LogP contribution in [0.15, 0.2) is 31.0 Å². The number of carbonyl (C=O) groups is 1. The number of aromatic amines is 1. The summed E-state index contributed by atoms with van der Waals surface area (Å²) in [6.45, 7) is 5.75. The molecule has 1 amide bonds. The molecule has 0 bridgehead atoms. The fourth-order valence-corrected chi connectivity index (χ4v) is 2.80. The minimum atomic E-state index is -0.923. The average Bonchev–Trinajstić information content (AvgIpc) is 3.04. The molecule has 1 aliphatic rings. The molecule has 0 unspecified atom stereocenters. The highest BCUT2D eigenvalue weighted by Crippen LogP contribution is 2.21. The van der Waals surface area contributed by atoms with E-state index < -0.39 is 23.1 Å². The van der Waals surface area contributed by atoms with Gasteiger partial charge in [0.05, 0.1) is 11.4 Å². The number of rotatable bonds is 5. The molecule has 8 heteroatoms. The Kier molecular flexibility index (Phi) is 5.08. The van der Waals surface area contributed by atoms with Crippen LogP contribution in [0.25, 0.3) is 5.70 Å². The summed E-state index contributed by atoms with van der Waals surface area (Å²) in [5.74, 6) is -2.73. The molecule has 1 aliphatic heterocycles. The van der Waals surface area contributed by atoms with E-state index in [0.29, 0.717) is 17.1 Å². The Morgan fingerprint density at radius 2 is 2.08 bits per heavy atom. The zero-order chi connectivity index (χ0) is 17.8. The van der Waals surface area contributed by atoms with Crippen molar-refractivity contribution in [3.05, 3.63) is 53.9 Å². The number of benzene rings is 1. The lowest BCUT2D eigenvalue weighted by atomic mass is 10.1. The Hall–Kier alpha value is -2.74. The van der Waals surface area contributed by atoms with Crippen LogP contribution in [-0.2, 0) is 0 Å². The number of amides is 1. The van der Waals surface area contributed by atoms with Crippen LogP contribution in [0.2, 0.25) is 0 Å². The van der Waals surface area contributed by atoms with E-state index in [0.717, 1.165) is 38.1 Å². The molecule has 1 atom stereocenters. The van der Waals surface area contributed by atoms with Gasteiger partial charge in [0.25, 0.3) is 5.91 Å². The fraction of sp³-hybridized carbons (Fsp3) is 0.294. The van der Waals surface area contributed by atoms with Crippen molar-refractivity contribution in [1.29, 1.82) is 0 Å². The first-order valence-corrected chi connectivity index (χ1v) is 8.02. The van der Waals surface area contributed by atoms with Crippen LogP contribution in [0.1, 0.15) is 28.9 Å². The van der Waals surface area contributed by atoms with Gasteiger partial charge in [-0.15, -0.1) is 0 Å². The van der Waals surface area contributed by atoms with Crippen LogP contribution in [-0.4, -0.2) is 35.2 Å². The Balaban J connectivity index is 1.73. The summed E-state index contributed by atoms with van der Waals surface area (Å²) < 4.78 is 27.5. The summed E-state index contributed by atoms with van der Waals surface area (Å²) in [7, 11) is 0. The molecule has 25 heavy (non-hydrogen) atoms. The molecule has 0 radical (unpaired) electrons. The minimum absolute atomic E-state index is 0.213. The summed E-state index contributed by atoms with van der Waals surface area (Å²) >= 11 is 0. The normalized spacial score (nSPS) is 17.1. The predicted octanol–water partition coefficient (Wildman–Crippen LogP) is 2.25. The van der Waals surface area contributed by atoms with Gasteiger partial charge >= 0.3 is 0 Å². The van der Waals surface area contributed by atoms with E-state index in [-0.39, 0.29) is 6.04 Å². The van der Waals surface area contributed by atoms with Gasteiger partial charge in [-0.05, 0) is 31.5 Å². The van der Waals surface area contributed by atoms with Crippen LogP contribution in [0, 0.1) is 11.6 Å². The lowest BCUT2D eigenvalue weighted by Crippen LogP contribution is -2.42. The van der Waals surface area contributed by atoms with Crippen LogP contribution >= 0.6 is 0 Å². The highest BCUT2D eigenvalue weighted by atomic mass is 19.1. The first-order valence-electron chi connectivity index (χ1n) is 8.02. The third kappa shape index (κ3) is 3.85. The smallest absolute Gasteiger partial charge is 0.261 e. The van der Waals surface area contributed by atoms with E-state index in [9.17, 15) is 13.6 Å². The van der Waals surface area contributed by atoms with Gasteiger partial charge in [0.1, 0.15) is 22.9 Å². The van der Waals surface area contributed by atoms with Gasteiger partial charge in [0, 0.05) is 18.8 Å². The standard InChI is InChI=1S/C17H19F2N5O/c1-10(22-11-4-3-7-20-8-11)16-14(9-21-24-16)23-17(25)15-12(18)5-2-6-13(15)19/h2,5-6,9,11,20,22H,1,3-4,7-8H2,(H,21,24)(H,23,25)/t11-/m0/s1. The molecule has 1 aromatic heterocycles. The Morgan fingerprint density at radius 1 is 1.32 bits per heavy atom. The molecule has 0 aliphatic carbocycles. The third-order valence-corrected chi connectivity index (χ3v) is 4.04. The van der Waals surface area contributed by atoms with Gasteiger partial charge in [-0.3, -0.25) is 9.89 Å². The molecule has 2 aromatic rings. The van der Waals surface area contributed by atoms with Crippen molar-refractivity contribution in [3.63, 3.8) is 0 Å². The average molecular weight is 347 g/mol. The molecule has 132 valence electrons. The number of hydrogen-bond acceptors (Lipinski definition) is 4. The second-order valence-electron chi connectivity index (χ2n) is 5.86. The molecule has 0 saturated carbocycles. The summed E-state index contributed by atoms with van der Waals surface area (Å²) in [5.41, 5.74) is 0.591. The second kappa shape index (κ2) is 7.43. The topological polar surface area (TPSA) is 81.8 Å². The van der Waals surface area contributed by atoms with Gasteiger partial charge < -0.3 is 16.0 Å². The molecule has 1 saturated heterocycles. The largest absolute Gasteiger partial charge is 0.380 e. The van der Waals surface area contributed by atoms with E-state index in [4.69, 9.17) is 0 Å². The van der Waals surface area contributed by atoms with Crippen molar-refractivity contribution in [2.24, 2.45) is 0 Å². The molecular weight excluding hydrogens is 328 g/mol. The van der Waals surface area contributed by atoms with Crippen molar-refractivity contribution in [2.45, 2.75) is 18.9 Å². The fourth-order valence-electron chi connectivity index (χ4n) is 2.80. The van der Waals surface area contributed by atoms with E-state index in [1.165, 1.54) is 12.3 Å². The molecule has 0 spiro atoms. The zero-order valence-corrected chi connectivity index (χ0v) is 13.5. The number of halogens is 2. The van der Waals surface area contributed by atoms with E-state index in [2.05, 4.69) is 32.7 Å². The summed E-state index contributed by atoms with van der Waals surface area (Å²) in [6.07, 6.45) is 3.50. The molecule has 6 nitrogen and oxygen atoms in total. The Labute approximate surface area is 143 Å². The second-order valence-corrected chi connectivity index (χ2v) is 5.86. The molecule has 2 heterocycles. The van der Waals surface area contributed by atoms with Gasteiger partial charge in [-0.2, -0.15) is 5.10 Å². The highest BCUT2D eigenvalue weighted by Gasteiger charge is 2.21. The molecular formula is C17H19F2N5O. The first kappa shape index (κ1) is 17.1. The molecule has 4 N–H and O–H groups in total. The molecule has 1 aromatic carbocycles. The van der Waals surface area contributed by atoms with E-state index >= 15 is 0 Å². The maximum atomic E-state index is 13.7. The van der Waals surface area contributed by atoms with Gasteiger partial charge in [0.15, 0.2) is 0 Å². The highest BCUT2D eigenvalue weighted by molar-refractivity contribution is 6.05. The zero-order valence-electron chi connectivity index (χ0n) is 13.5. The van der Waals surface area contributed by atoms with Gasteiger partial charge in [-0.25, -0.2) is 8.78 Å².